The summed E-state index contributed by atoms with van der Waals surface area (Å²) in [7, 11) is 0. The van der Waals surface area contributed by atoms with E-state index in [1.807, 2.05) is 0 Å². The largest absolute Gasteiger partial charge is 0.434 e. The minimum Gasteiger partial charge on any atom is -0.369 e. The zero-order valence-corrected chi connectivity index (χ0v) is 8.61. The summed E-state index contributed by atoms with van der Waals surface area (Å²) < 4.78 is 36.6. The van der Waals surface area contributed by atoms with Crippen molar-refractivity contribution in [1.29, 1.82) is 0 Å². The van der Waals surface area contributed by atoms with E-state index in [-0.39, 0.29) is 5.92 Å². The molecule has 0 unspecified atom stereocenters. The van der Waals surface area contributed by atoms with Crippen molar-refractivity contribution in [2.75, 3.05) is 18.0 Å². The van der Waals surface area contributed by atoms with Crippen LogP contribution in [0.1, 0.15) is 5.69 Å². The third-order valence-electron chi connectivity index (χ3n) is 2.54. The Hall–Kier alpha value is -1.86. The summed E-state index contributed by atoms with van der Waals surface area (Å²) in [6, 6.07) is 0. The molecule has 0 spiro atoms. The number of carbonyl (C=O) groups is 1. The molecule has 0 aromatic carbocycles. The first kappa shape index (κ1) is 11.6. The summed E-state index contributed by atoms with van der Waals surface area (Å²) in [4.78, 5) is 19.3. The summed E-state index contributed by atoms with van der Waals surface area (Å²) in [5.74, 6) is -0.365. The van der Waals surface area contributed by atoms with Gasteiger partial charge in [0.25, 0.3) is 0 Å². The number of nitrogens with two attached hydrogens (primary N) is 1. The van der Waals surface area contributed by atoms with E-state index in [0.29, 0.717) is 25.1 Å². The Labute approximate surface area is 94.4 Å². The van der Waals surface area contributed by atoms with Gasteiger partial charge in [-0.1, -0.05) is 0 Å². The lowest BCUT2D eigenvalue weighted by Crippen LogP contribution is -2.52. The zero-order valence-electron chi connectivity index (χ0n) is 8.61. The molecule has 1 aromatic heterocycles. The smallest absolute Gasteiger partial charge is 0.369 e. The van der Waals surface area contributed by atoms with Crippen molar-refractivity contribution in [2.24, 2.45) is 11.7 Å². The Bertz CT molecular complexity index is 425. The van der Waals surface area contributed by atoms with E-state index in [1.54, 1.807) is 4.90 Å². The lowest BCUT2D eigenvalue weighted by Gasteiger charge is -2.37. The molecular formula is C9H9F3N4O. The number of amides is 1. The Morgan fingerprint density at radius 2 is 2.00 bits per heavy atom. The number of halogens is 3. The van der Waals surface area contributed by atoms with Gasteiger partial charge in [0.2, 0.25) is 5.91 Å². The number of hydrogen-bond acceptors (Lipinski definition) is 4. The number of rotatable bonds is 2. The number of carbonyl (C=O) groups excluding carboxylic acids is 1. The van der Waals surface area contributed by atoms with Crippen LogP contribution in [0.3, 0.4) is 0 Å². The Morgan fingerprint density at radius 1 is 1.35 bits per heavy atom. The van der Waals surface area contributed by atoms with E-state index in [9.17, 15) is 18.0 Å². The van der Waals surface area contributed by atoms with Gasteiger partial charge in [-0.2, -0.15) is 13.2 Å². The monoisotopic (exact) mass is 246 g/mol. The van der Waals surface area contributed by atoms with Gasteiger partial charge in [0, 0.05) is 13.1 Å². The summed E-state index contributed by atoms with van der Waals surface area (Å²) >= 11 is 0. The molecule has 2 N–H and O–H groups in total. The van der Waals surface area contributed by atoms with Crippen LogP contribution < -0.4 is 10.6 Å². The number of primary amides is 1. The van der Waals surface area contributed by atoms with Crippen LogP contribution in [0.2, 0.25) is 0 Å². The van der Waals surface area contributed by atoms with Crippen LogP contribution >= 0.6 is 0 Å². The van der Waals surface area contributed by atoms with Crippen molar-refractivity contribution < 1.29 is 18.0 Å². The molecule has 0 saturated carbocycles. The number of alkyl halides is 3. The summed E-state index contributed by atoms with van der Waals surface area (Å²) in [6.45, 7) is 0.741. The number of hydrogen-bond donors (Lipinski definition) is 1. The van der Waals surface area contributed by atoms with Gasteiger partial charge in [-0.3, -0.25) is 4.79 Å². The second-order valence-corrected chi connectivity index (χ2v) is 3.76. The first-order valence-electron chi connectivity index (χ1n) is 4.81. The normalized spacial score (nSPS) is 16.8. The Balaban J connectivity index is 2.03. The molecule has 1 aromatic rings. The first-order valence-corrected chi connectivity index (χ1v) is 4.81. The van der Waals surface area contributed by atoms with Gasteiger partial charge in [0.15, 0.2) is 5.69 Å². The van der Waals surface area contributed by atoms with Gasteiger partial charge < -0.3 is 10.6 Å². The lowest BCUT2D eigenvalue weighted by atomic mass is 10.00. The van der Waals surface area contributed by atoms with E-state index in [2.05, 4.69) is 9.97 Å². The third-order valence-corrected chi connectivity index (χ3v) is 2.54. The number of nitrogens with zero attached hydrogens (tertiary/aromatic N) is 3. The van der Waals surface area contributed by atoms with Crippen molar-refractivity contribution >= 4 is 11.7 Å². The van der Waals surface area contributed by atoms with E-state index in [0.717, 1.165) is 6.20 Å². The third kappa shape index (κ3) is 2.29. The highest BCUT2D eigenvalue weighted by Gasteiger charge is 2.35. The highest BCUT2D eigenvalue weighted by molar-refractivity contribution is 5.79. The van der Waals surface area contributed by atoms with E-state index >= 15 is 0 Å². The second kappa shape index (κ2) is 3.86. The molecule has 0 atom stereocenters. The molecule has 1 aliphatic rings. The molecule has 0 radical (unpaired) electrons. The van der Waals surface area contributed by atoms with Gasteiger partial charge >= 0.3 is 6.18 Å². The van der Waals surface area contributed by atoms with E-state index in [4.69, 9.17) is 5.73 Å². The maximum absolute atomic E-state index is 12.2. The molecule has 1 fully saturated rings. The highest BCUT2D eigenvalue weighted by atomic mass is 19.4. The van der Waals surface area contributed by atoms with E-state index in [1.165, 1.54) is 0 Å². The van der Waals surface area contributed by atoms with Crippen LogP contribution in [0.4, 0.5) is 19.0 Å². The van der Waals surface area contributed by atoms with Crippen LogP contribution in [0, 0.1) is 5.92 Å². The molecule has 17 heavy (non-hydrogen) atoms. The zero-order chi connectivity index (χ0) is 12.6. The van der Waals surface area contributed by atoms with Crippen LogP contribution in [0.15, 0.2) is 12.4 Å². The standard InChI is InChI=1S/C9H9F3N4O/c10-9(11,12)6-1-15-7(2-14-6)16-3-5(4-16)8(13)17/h1-2,5H,3-4H2,(H2,13,17). The molecule has 2 heterocycles. The molecule has 1 aliphatic heterocycles. The SMILES string of the molecule is NC(=O)C1CN(c2cnc(C(F)(F)F)cn2)C1. The lowest BCUT2D eigenvalue weighted by molar-refractivity contribution is -0.141. The summed E-state index contributed by atoms with van der Waals surface area (Å²) in [6.07, 6.45) is -2.77. The topological polar surface area (TPSA) is 72.1 Å². The van der Waals surface area contributed by atoms with Crippen molar-refractivity contribution in [2.45, 2.75) is 6.18 Å². The average molecular weight is 246 g/mol. The fraction of sp³-hybridized carbons (Fsp3) is 0.444. The van der Waals surface area contributed by atoms with Gasteiger partial charge in [0.05, 0.1) is 18.3 Å². The van der Waals surface area contributed by atoms with Crippen LogP contribution in [0.25, 0.3) is 0 Å². The van der Waals surface area contributed by atoms with Crippen molar-refractivity contribution in [3.63, 3.8) is 0 Å². The fourth-order valence-corrected chi connectivity index (χ4v) is 1.48. The summed E-state index contributed by atoms with van der Waals surface area (Å²) in [5, 5.41) is 0. The Kier molecular flexibility index (Phi) is 2.64. The van der Waals surface area contributed by atoms with Crippen LogP contribution in [0.5, 0.6) is 0 Å². The number of anilines is 1. The molecule has 1 saturated heterocycles. The molecule has 0 bridgehead atoms. The van der Waals surface area contributed by atoms with Gasteiger partial charge in [-0.25, -0.2) is 9.97 Å². The molecule has 0 aliphatic carbocycles. The second-order valence-electron chi connectivity index (χ2n) is 3.76. The van der Waals surface area contributed by atoms with Crippen molar-refractivity contribution in [3.05, 3.63) is 18.1 Å². The highest BCUT2D eigenvalue weighted by Crippen LogP contribution is 2.28. The van der Waals surface area contributed by atoms with Gasteiger partial charge in [-0.05, 0) is 0 Å². The maximum Gasteiger partial charge on any atom is 0.434 e. The summed E-state index contributed by atoms with van der Waals surface area (Å²) in [5.41, 5.74) is 4.03. The maximum atomic E-state index is 12.2. The molecular weight excluding hydrogens is 237 g/mol. The minimum absolute atomic E-state index is 0.265. The molecule has 5 nitrogen and oxygen atoms in total. The number of aromatic nitrogens is 2. The first-order chi connectivity index (χ1) is 7.88. The predicted octanol–water partition coefficient (Wildman–Crippen LogP) is 0.417. The van der Waals surface area contributed by atoms with Crippen LogP contribution in [-0.2, 0) is 11.0 Å². The molecule has 2 rings (SSSR count). The average Bonchev–Trinajstić information content (AvgIpc) is 2.14. The van der Waals surface area contributed by atoms with Crippen molar-refractivity contribution in [1.82, 2.24) is 9.97 Å². The molecule has 92 valence electrons. The van der Waals surface area contributed by atoms with Crippen molar-refractivity contribution in [3.8, 4) is 0 Å². The van der Waals surface area contributed by atoms with Crippen LogP contribution in [-0.4, -0.2) is 29.0 Å². The van der Waals surface area contributed by atoms with Gasteiger partial charge in [0.1, 0.15) is 5.82 Å². The Morgan fingerprint density at radius 3 is 2.41 bits per heavy atom. The van der Waals surface area contributed by atoms with E-state index < -0.39 is 17.8 Å². The minimum atomic E-state index is -4.49. The molecule has 1 amide bonds. The molecule has 8 heteroatoms. The van der Waals surface area contributed by atoms with Gasteiger partial charge in [-0.15, -0.1) is 0 Å². The quantitative estimate of drug-likeness (QED) is 0.820. The fourth-order valence-electron chi connectivity index (χ4n) is 1.48. The predicted molar refractivity (Wildman–Crippen MR) is 51.9 cm³/mol.